The molecule has 0 spiro atoms. The Morgan fingerprint density at radius 1 is 1.28 bits per heavy atom. The minimum absolute atomic E-state index is 0.432. The van der Waals surface area contributed by atoms with Crippen LogP contribution in [0.5, 0.6) is 0 Å². The van der Waals surface area contributed by atoms with Crippen molar-refractivity contribution in [1.29, 1.82) is 0 Å². The van der Waals surface area contributed by atoms with Crippen molar-refractivity contribution in [1.82, 2.24) is 5.32 Å². The Hall–Kier alpha value is -0.0500. The van der Waals surface area contributed by atoms with Gasteiger partial charge in [-0.1, -0.05) is 25.4 Å². The zero-order chi connectivity index (χ0) is 13.3. The molecule has 3 unspecified atom stereocenters. The van der Waals surface area contributed by atoms with Crippen molar-refractivity contribution in [2.24, 2.45) is 17.8 Å². The average molecular weight is 286 g/mol. The molecule has 1 fully saturated rings. The highest BCUT2D eigenvalue weighted by atomic mass is 35.5. The topological polar surface area (TPSA) is 12.0 Å². The van der Waals surface area contributed by atoms with Crippen molar-refractivity contribution < 1.29 is 0 Å². The minimum atomic E-state index is 0.432. The van der Waals surface area contributed by atoms with E-state index in [1.165, 1.54) is 29.7 Å². The maximum Gasteiger partial charge on any atom is 0.0590 e. The third-order valence-electron chi connectivity index (χ3n) is 4.21. The summed E-state index contributed by atoms with van der Waals surface area (Å²) < 4.78 is 0. The van der Waals surface area contributed by atoms with Gasteiger partial charge in [0.1, 0.15) is 0 Å². The van der Waals surface area contributed by atoms with Crippen LogP contribution in [0.2, 0.25) is 5.02 Å². The molecular weight excluding hydrogens is 262 g/mol. The van der Waals surface area contributed by atoms with Gasteiger partial charge in [0.05, 0.1) is 5.02 Å². The van der Waals surface area contributed by atoms with Gasteiger partial charge in [0.2, 0.25) is 0 Å². The second-order valence-corrected chi connectivity index (χ2v) is 7.33. The van der Waals surface area contributed by atoms with Gasteiger partial charge in [0.15, 0.2) is 0 Å². The molecule has 1 aliphatic carbocycles. The summed E-state index contributed by atoms with van der Waals surface area (Å²) in [6.45, 7) is 6.87. The van der Waals surface area contributed by atoms with Gasteiger partial charge >= 0.3 is 0 Å². The maximum atomic E-state index is 6.44. The molecule has 1 saturated carbocycles. The fourth-order valence-electron chi connectivity index (χ4n) is 3.52. The molecule has 0 saturated heterocycles. The van der Waals surface area contributed by atoms with Crippen LogP contribution in [-0.4, -0.2) is 7.05 Å². The minimum Gasteiger partial charge on any atom is -0.312 e. The lowest BCUT2D eigenvalue weighted by Crippen LogP contribution is -2.31. The molecule has 1 N–H and O–H groups in total. The Morgan fingerprint density at radius 3 is 2.33 bits per heavy atom. The van der Waals surface area contributed by atoms with Crippen molar-refractivity contribution in [2.75, 3.05) is 7.05 Å². The highest BCUT2D eigenvalue weighted by Crippen LogP contribution is 2.43. The molecule has 0 amide bonds. The summed E-state index contributed by atoms with van der Waals surface area (Å²) in [4.78, 5) is 1.34. The number of aryl methyl sites for hydroxylation is 1. The zero-order valence-electron chi connectivity index (χ0n) is 11.8. The number of thiophene rings is 1. The first-order chi connectivity index (χ1) is 8.52. The van der Waals surface area contributed by atoms with Crippen LogP contribution >= 0.6 is 22.9 Å². The molecule has 0 aliphatic heterocycles. The normalized spacial score (nSPS) is 30.4. The van der Waals surface area contributed by atoms with Gasteiger partial charge in [-0.3, -0.25) is 0 Å². The summed E-state index contributed by atoms with van der Waals surface area (Å²) in [5.74, 6) is 2.41. The smallest absolute Gasteiger partial charge is 0.0590 e. The Labute approximate surface area is 120 Å². The summed E-state index contributed by atoms with van der Waals surface area (Å²) in [5.41, 5.74) is 1.22. The van der Waals surface area contributed by atoms with E-state index in [0.717, 1.165) is 22.8 Å². The van der Waals surface area contributed by atoms with Gasteiger partial charge in [-0.2, -0.15) is 0 Å². The standard InChI is InChI=1S/C15H24ClNS/c1-9-5-10(2)7-12(6-9)14(17-4)15-13(16)11(3)8-18-15/h8-10,12,14,17H,5-7H2,1-4H3. The van der Waals surface area contributed by atoms with E-state index in [9.17, 15) is 0 Å². The van der Waals surface area contributed by atoms with Crippen molar-refractivity contribution in [2.45, 2.75) is 46.1 Å². The molecule has 2 rings (SSSR count). The van der Waals surface area contributed by atoms with Crippen molar-refractivity contribution in [3.8, 4) is 0 Å². The Kier molecular flexibility index (Phi) is 4.74. The second-order valence-electron chi connectivity index (χ2n) is 6.04. The van der Waals surface area contributed by atoms with Crippen molar-refractivity contribution in [3.05, 3.63) is 20.8 Å². The lowest BCUT2D eigenvalue weighted by Gasteiger charge is -2.36. The molecule has 18 heavy (non-hydrogen) atoms. The van der Waals surface area contributed by atoms with Gasteiger partial charge in [-0.25, -0.2) is 0 Å². The van der Waals surface area contributed by atoms with Gasteiger partial charge in [0.25, 0.3) is 0 Å². The van der Waals surface area contributed by atoms with Crippen LogP contribution in [-0.2, 0) is 0 Å². The number of hydrogen-bond acceptors (Lipinski definition) is 2. The van der Waals surface area contributed by atoms with E-state index in [0.29, 0.717) is 6.04 Å². The molecule has 3 atom stereocenters. The van der Waals surface area contributed by atoms with E-state index in [-0.39, 0.29) is 0 Å². The van der Waals surface area contributed by atoms with Crippen LogP contribution in [0.1, 0.15) is 49.6 Å². The Morgan fingerprint density at radius 2 is 1.89 bits per heavy atom. The molecule has 1 aromatic rings. The molecule has 0 radical (unpaired) electrons. The van der Waals surface area contributed by atoms with Gasteiger partial charge in [-0.15, -0.1) is 11.3 Å². The molecule has 0 bridgehead atoms. The first kappa shape index (κ1) is 14.4. The second kappa shape index (κ2) is 5.94. The number of nitrogens with one attached hydrogen (secondary N) is 1. The zero-order valence-corrected chi connectivity index (χ0v) is 13.4. The third kappa shape index (κ3) is 2.92. The first-order valence-corrected chi connectivity index (χ1v) is 8.19. The molecule has 1 heterocycles. The maximum absolute atomic E-state index is 6.44. The number of rotatable bonds is 3. The number of halogens is 1. The number of hydrogen-bond donors (Lipinski definition) is 1. The summed E-state index contributed by atoms with van der Waals surface area (Å²) in [6, 6.07) is 0.432. The summed E-state index contributed by atoms with van der Waals surface area (Å²) >= 11 is 8.26. The van der Waals surface area contributed by atoms with E-state index in [1.807, 2.05) is 11.3 Å². The molecule has 1 nitrogen and oxygen atoms in total. The molecular formula is C15H24ClNS. The van der Waals surface area contributed by atoms with Crippen LogP contribution in [0.4, 0.5) is 0 Å². The third-order valence-corrected chi connectivity index (χ3v) is 6.00. The monoisotopic (exact) mass is 285 g/mol. The van der Waals surface area contributed by atoms with Crippen LogP contribution < -0.4 is 5.32 Å². The lowest BCUT2D eigenvalue weighted by atomic mass is 9.73. The van der Waals surface area contributed by atoms with Gasteiger partial charge in [0, 0.05) is 10.9 Å². The van der Waals surface area contributed by atoms with E-state index in [4.69, 9.17) is 11.6 Å². The van der Waals surface area contributed by atoms with Crippen molar-refractivity contribution in [3.63, 3.8) is 0 Å². The molecule has 1 aromatic heterocycles. The van der Waals surface area contributed by atoms with Crippen LogP contribution in [0, 0.1) is 24.7 Å². The Balaban J connectivity index is 2.20. The van der Waals surface area contributed by atoms with E-state index < -0.39 is 0 Å². The quantitative estimate of drug-likeness (QED) is 0.820. The SMILES string of the molecule is CNC(c1scc(C)c1Cl)C1CC(C)CC(C)C1. The largest absolute Gasteiger partial charge is 0.312 e. The van der Waals surface area contributed by atoms with Crippen LogP contribution in [0.3, 0.4) is 0 Å². The molecule has 0 aromatic carbocycles. The predicted molar refractivity (Wildman–Crippen MR) is 81.5 cm³/mol. The highest BCUT2D eigenvalue weighted by Gasteiger charge is 2.32. The Bertz CT molecular complexity index is 391. The molecule has 3 heteroatoms. The van der Waals surface area contributed by atoms with Crippen molar-refractivity contribution >= 4 is 22.9 Å². The van der Waals surface area contributed by atoms with Gasteiger partial charge < -0.3 is 5.32 Å². The average Bonchev–Trinajstić information content (AvgIpc) is 2.61. The fourth-order valence-corrected chi connectivity index (χ4v) is 5.04. The summed E-state index contributed by atoms with van der Waals surface area (Å²) in [5, 5.41) is 6.66. The van der Waals surface area contributed by atoms with E-state index in [1.54, 1.807) is 0 Å². The molecule has 102 valence electrons. The fraction of sp³-hybridized carbons (Fsp3) is 0.733. The first-order valence-electron chi connectivity index (χ1n) is 6.93. The highest BCUT2D eigenvalue weighted by molar-refractivity contribution is 7.10. The van der Waals surface area contributed by atoms with Gasteiger partial charge in [-0.05, 0) is 61.9 Å². The molecule has 1 aliphatic rings. The summed E-state index contributed by atoms with van der Waals surface area (Å²) in [7, 11) is 2.07. The summed E-state index contributed by atoms with van der Waals surface area (Å²) in [6.07, 6.45) is 4.02. The predicted octanol–water partition coefficient (Wildman–Crippen LogP) is 5.04. The van der Waals surface area contributed by atoms with E-state index >= 15 is 0 Å². The van der Waals surface area contributed by atoms with Crippen LogP contribution in [0.15, 0.2) is 5.38 Å². The van der Waals surface area contributed by atoms with Crippen LogP contribution in [0.25, 0.3) is 0 Å². The lowest BCUT2D eigenvalue weighted by molar-refractivity contribution is 0.182. The van der Waals surface area contributed by atoms with E-state index in [2.05, 4.69) is 38.5 Å².